The summed E-state index contributed by atoms with van der Waals surface area (Å²) in [6.45, 7) is 1.10. The third-order valence-electron chi connectivity index (χ3n) is 2.80. The molecule has 1 fully saturated rings. The van der Waals surface area contributed by atoms with Gasteiger partial charge in [0.2, 0.25) is 0 Å². The van der Waals surface area contributed by atoms with Crippen molar-refractivity contribution >= 4 is 11.4 Å². The smallest absolute Gasteiger partial charge is 0.0976 e. The summed E-state index contributed by atoms with van der Waals surface area (Å²) in [7, 11) is 0. The van der Waals surface area contributed by atoms with Gasteiger partial charge < -0.3 is 10.6 Å². The van der Waals surface area contributed by atoms with E-state index in [1.165, 1.54) is 17.8 Å². The second-order valence-electron chi connectivity index (χ2n) is 3.66. The Morgan fingerprint density at radius 3 is 2.69 bits per heavy atom. The average Bonchev–Trinajstić information content (AvgIpc) is 2.61. The van der Waals surface area contributed by atoms with Crippen molar-refractivity contribution in [1.29, 1.82) is 0 Å². The lowest BCUT2D eigenvalue weighted by molar-refractivity contribution is 0.617. The fourth-order valence-corrected chi connectivity index (χ4v) is 2.11. The fourth-order valence-electron chi connectivity index (χ4n) is 2.11. The Kier molecular flexibility index (Phi) is 1.46. The number of benzene rings is 1. The zero-order valence-corrected chi connectivity index (χ0v) is 7.38. The Bertz CT molecular complexity index is 293. The first-order valence-electron chi connectivity index (χ1n) is 4.79. The first-order chi connectivity index (χ1) is 6.43. The molecule has 0 aliphatic carbocycles. The monoisotopic (exact) mass is 175 g/mol. The van der Waals surface area contributed by atoms with Crippen LogP contribution in [0.15, 0.2) is 24.3 Å². The predicted octanol–water partition coefficient (Wildman–Crippen LogP) is 1.21. The zero-order chi connectivity index (χ0) is 8.67. The molecular formula is C10H13N3. The highest BCUT2D eigenvalue weighted by Gasteiger charge is 2.30. The summed E-state index contributed by atoms with van der Waals surface area (Å²) in [5.41, 5.74) is 2.44. The van der Waals surface area contributed by atoms with Gasteiger partial charge in [0.1, 0.15) is 0 Å². The summed E-state index contributed by atoms with van der Waals surface area (Å²) >= 11 is 0. The number of anilines is 2. The molecule has 3 rings (SSSR count). The van der Waals surface area contributed by atoms with Gasteiger partial charge in [-0.1, -0.05) is 12.1 Å². The zero-order valence-electron chi connectivity index (χ0n) is 7.38. The van der Waals surface area contributed by atoms with Crippen LogP contribution in [0.2, 0.25) is 0 Å². The third kappa shape index (κ3) is 1.08. The van der Waals surface area contributed by atoms with Crippen molar-refractivity contribution in [2.24, 2.45) is 0 Å². The van der Waals surface area contributed by atoms with Crippen LogP contribution in [0.1, 0.15) is 6.42 Å². The van der Waals surface area contributed by atoms with Gasteiger partial charge in [0, 0.05) is 0 Å². The minimum atomic E-state index is 0.412. The van der Waals surface area contributed by atoms with Crippen molar-refractivity contribution in [3.63, 3.8) is 0 Å². The molecular weight excluding hydrogens is 162 g/mol. The van der Waals surface area contributed by atoms with Crippen LogP contribution in [0.5, 0.6) is 0 Å². The van der Waals surface area contributed by atoms with Gasteiger partial charge >= 0.3 is 0 Å². The topological polar surface area (TPSA) is 36.1 Å². The van der Waals surface area contributed by atoms with E-state index < -0.39 is 0 Å². The number of rotatable bonds is 0. The van der Waals surface area contributed by atoms with Gasteiger partial charge in [-0.2, -0.15) is 0 Å². The van der Waals surface area contributed by atoms with Crippen molar-refractivity contribution in [2.45, 2.75) is 18.6 Å². The van der Waals surface area contributed by atoms with Crippen LogP contribution in [-0.2, 0) is 0 Å². The number of hydrogen-bond acceptors (Lipinski definition) is 3. The molecule has 3 nitrogen and oxygen atoms in total. The molecule has 2 unspecified atom stereocenters. The molecule has 1 saturated heterocycles. The summed E-state index contributed by atoms with van der Waals surface area (Å²) in [6.07, 6.45) is 1.61. The van der Waals surface area contributed by atoms with E-state index >= 15 is 0 Å². The Hall–Kier alpha value is -1.22. The molecule has 1 aromatic carbocycles. The maximum atomic E-state index is 3.53. The highest BCUT2D eigenvalue weighted by atomic mass is 15.2. The summed E-state index contributed by atoms with van der Waals surface area (Å²) in [5, 5.41) is 10.4. The lowest BCUT2D eigenvalue weighted by atomic mass is 10.1. The molecule has 0 aromatic heterocycles. The van der Waals surface area contributed by atoms with Crippen LogP contribution < -0.4 is 16.0 Å². The number of fused-ring (bicyclic) bond motifs is 2. The van der Waals surface area contributed by atoms with Gasteiger partial charge in [0.05, 0.1) is 23.6 Å². The molecule has 0 radical (unpaired) electrons. The maximum Gasteiger partial charge on any atom is 0.0976 e. The minimum Gasteiger partial charge on any atom is -0.377 e. The van der Waals surface area contributed by atoms with Crippen molar-refractivity contribution < 1.29 is 0 Å². The summed E-state index contributed by atoms with van der Waals surface area (Å²) in [6, 6.07) is 8.91. The largest absolute Gasteiger partial charge is 0.377 e. The SMILES string of the molecule is c1ccc2c(c1)NC1CCNC1N2. The van der Waals surface area contributed by atoms with E-state index in [-0.39, 0.29) is 0 Å². The van der Waals surface area contributed by atoms with Crippen LogP contribution >= 0.6 is 0 Å². The van der Waals surface area contributed by atoms with Gasteiger partial charge in [-0.3, -0.25) is 5.32 Å². The lowest BCUT2D eigenvalue weighted by Crippen LogP contribution is -2.44. The molecule has 0 bridgehead atoms. The quantitative estimate of drug-likeness (QED) is 0.554. The molecule has 2 atom stereocenters. The van der Waals surface area contributed by atoms with Gasteiger partial charge in [0.15, 0.2) is 0 Å². The highest BCUT2D eigenvalue weighted by Crippen LogP contribution is 2.29. The third-order valence-corrected chi connectivity index (χ3v) is 2.80. The standard InChI is InChI=1S/C10H13N3/c1-2-4-8-7(3-1)12-9-5-6-11-10(9)13-8/h1-4,9-13H,5-6H2. The molecule has 3 N–H and O–H groups in total. The second-order valence-corrected chi connectivity index (χ2v) is 3.66. The minimum absolute atomic E-state index is 0.412. The molecule has 1 aromatic rings. The van der Waals surface area contributed by atoms with Crippen LogP contribution in [0.25, 0.3) is 0 Å². The van der Waals surface area contributed by atoms with Crippen LogP contribution in [0.3, 0.4) is 0 Å². The van der Waals surface area contributed by atoms with Crippen molar-refractivity contribution in [1.82, 2.24) is 5.32 Å². The molecule has 68 valence electrons. The molecule has 3 heteroatoms. The summed E-state index contributed by atoms with van der Waals surface area (Å²) in [4.78, 5) is 0. The highest BCUT2D eigenvalue weighted by molar-refractivity contribution is 5.71. The van der Waals surface area contributed by atoms with Gasteiger partial charge in [0.25, 0.3) is 0 Å². The molecule has 13 heavy (non-hydrogen) atoms. The maximum absolute atomic E-state index is 3.53. The molecule has 2 aliphatic heterocycles. The van der Waals surface area contributed by atoms with Crippen molar-refractivity contribution in [3.8, 4) is 0 Å². The average molecular weight is 175 g/mol. The van der Waals surface area contributed by atoms with Crippen LogP contribution in [0, 0.1) is 0 Å². The van der Waals surface area contributed by atoms with Crippen LogP contribution in [0.4, 0.5) is 11.4 Å². The van der Waals surface area contributed by atoms with Crippen molar-refractivity contribution in [3.05, 3.63) is 24.3 Å². The summed E-state index contributed by atoms with van der Waals surface area (Å²) < 4.78 is 0. The van der Waals surface area contributed by atoms with Crippen LogP contribution in [-0.4, -0.2) is 18.8 Å². The van der Waals surface area contributed by atoms with E-state index in [0.717, 1.165) is 6.54 Å². The number of para-hydroxylation sites is 2. The molecule has 0 spiro atoms. The van der Waals surface area contributed by atoms with E-state index in [0.29, 0.717) is 12.2 Å². The Morgan fingerprint density at radius 2 is 1.85 bits per heavy atom. The van der Waals surface area contributed by atoms with Gasteiger partial charge in [-0.25, -0.2) is 0 Å². The van der Waals surface area contributed by atoms with E-state index in [2.05, 4.69) is 40.2 Å². The van der Waals surface area contributed by atoms with E-state index in [9.17, 15) is 0 Å². The molecule has 2 heterocycles. The predicted molar refractivity (Wildman–Crippen MR) is 53.9 cm³/mol. The molecule has 2 aliphatic rings. The Labute approximate surface area is 77.5 Å². The number of hydrogen-bond donors (Lipinski definition) is 3. The number of nitrogens with one attached hydrogen (secondary N) is 3. The van der Waals surface area contributed by atoms with Gasteiger partial charge in [-0.15, -0.1) is 0 Å². The van der Waals surface area contributed by atoms with E-state index in [4.69, 9.17) is 0 Å². The van der Waals surface area contributed by atoms with E-state index in [1.807, 2.05) is 0 Å². The first kappa shape index (κ1) is 7.21. The molecule has 0 saturated carbocycles. The fraction of sp³-hybridized carbons (Fsp3) is 0.400. The Morgan fingerprint density at radius 1 is 1.08 bits per heavy atom. The normalized spacial score (nSPS) is 29.8. The van der Waals surface area contributed by atoms with Gasteiger partial charge in [-0.05, 0) is 25.1 Å². The second kappa shape index (κ2) is 2.64. The lowest BCUT2D eigenvalue weighted by Gasteiger charge is -2.31. The summed E-state index contributed by atoms with van der Waals surface area (Å²) in [5.74, 6) is 0. The van der Waals surface area contributed by atoms with E-state index in [1.54, 1.807) is 0 Å². The Balaban J connectivity index is 1.97. The first-order valence-corrected chi connectivity index (χ1v) is 4.79. The molecule has 0 amide bonds. The van der Waals surface area contributed by atoms with Crippen molar-refractivity contribution in [2.75, 3.05) is 17.2 Å².